The number of carbonyl (C=O) groups excluding carboxylic acids is 2. The third-order valence-corrected chi connectivity index (χ3v) is 5.30. The van der Waals surface area contributed by atoms with E-state index in [1.807, 2.05) is 55.6 Å². The third-order valence-electron chi connectivity index (χ3n) is 4.65. The van der Waals surface area contributed by atoms with Crippen LogP contribution in [0, 0.1) is 0 Å². The van der Waals surface area contributed by atoms with Crippen molar-refractivity contribution in [2.24, 2.45) is 5.73 Å². The molecule has 0 aliphatic carbocycles. The molecule has 0 heterocycles. The molecule has 0 bridgehead atoms. The molecule has 0 saturated carbocycles. The molecule has 2 aromatic rings. The standard InChI is InChI=1S/C21H28N2O3S/c1-4-26-21(25)18(12-13-27-3)23-20(24)19(22)14(2)16-11-7-9-15-8-5-6-10-17(15)16/h5-11,14,18-19H,4,12-13,22H2,1-3H3,(H,23,24)/t14-,18+,19-/m0/s1. The number of hydrogen-bond donors (Lipinski definition) is 2. The summed E-state index contributed by atoms with van der Waals surface area (Å²) in [5, 5.41) is 4.98. The molecule has 2 rings (SSSR count). The summed E-state index contributed by atoms with van der Waals surface area (Å²) in [7, 11) is 0. The van der Waals surface area contributed by atoms with E-state index in [9.17, 15) is 9.59 Å². The van der Waals surface area contributed by atoms with Crippen molar-refractivity contribution < 1.29 is 14.3 Å². The molecule has 0 aromatic heterocycles. The number of nitrogens with one attached hydrogen (secondary N) is 1. The number of benzene rings is 2. The lowest BCUT2D eigenvalue weighted by Gasteiger charge is -2.24. The highest BCUT2D eigenvalue weighted by atomic mass is 32.2. The number of carbonyl (C=O) groups is 2. The Labute approximate surface area is 165 Å². The van der Waals surface area contributed by atoms with Gasteiger partial charge >= 0.3 is 5.97 Å². The van der Waals surface area contributed by atoms with Crippen LogP contribution >= 0.6 is 11.8 Å². The summed E-state index contributed by atoms with van der Waals surface area (Å²) >= 11 is 1.62. The second-order valence-corrected chi connectivity index (χ2v) is 7.46. The van der Waals surface area contributed by atoms with E-state index in [1.54, 1.807) is 18.7 Å². The van der Waals surface area contributed by atoms with Crippen LogP contribution in [0.5, 0.6) is 0 Å². The molecule has 146 valence electrons. The number of hydrogen-bond acceptors (Lipinski definition) is 5. The molecule has 5 nitrogen and oxygen atoms in total. The van der Waals surface area contributed by atoms with Gasteiger partial charge in [-0.3, -0.25) is 4.79 Å². The van der Waals surface area contributed by atoms with E-state index in [4.69, 9.17) is 10.5 Å². The molecular formula is C21H28N2O3S. The predicted octanol–water partition coefficient (Wildman–Crippen LogP) is 3.07. The van der Waals surface area contributed by atoms with Gasteiger partial charge in [0.05, 0.1) is 12.6 Å². The molecule has 0 saturated heterocycles. The molecule has 6 heteroatoms. The van der Waals surface area contributed by atoms with Gasteiger partial charge in [0.15, 0.2) is 0 Å². The zero-order valence-corrected chi connectivity index (χ0v) is 16.9. The Bertz CT molecular complexity index is 776. The summed E-state index contributed by atoms with van der Waals surface area (Å²) in [6.45, 7) is 3.97. The van der Waals surface area contributed by atoms with Crippen LogP contribution in [0.3, 0.4) is 0 Å². The van der Waals surface area contributed by atoms with Crippen molar-refractivity contribution >= 4 is 34.4 Å². The Morgan fingerprint density at radius 2 is 1.89 bits per heavy atom. The average Bonchev–Trinajstić information content (AvgIpc) is 2.69. The minimum atomic E-state index is -0.762. The van der Waals surface area contributed by atoms with Gasteiger partial charge in [-0.2, -0.15) is 11.8 Å². The first-order valence-corrected chi connectivity index (χ1v) is 10.6. The second-order valence-electron chi connectivity index (χ2n) is 6.48. The molecule has 3 N–H and O–H groups in total. The summed E-state index contributed by atoms with van der Waals surface area (Å²) in [6, 6.07) is 12.6. The maximum absolute atomic E-state index is 12.7. The van der Waals surface area contributed by atoms with E-state index < -0.39 is 18.1 Å². The van der Waals surface area contributed by atoms with Crippen LogP contribution in [0.1, 0.15) is 31.7 Å². The fourth-order valence-corrected chi connectivity index (χ4v) is 3.53. The molecular weight excluding hydrogens is 360 g/mol. The number of fused-ring (bicyclic) bond motifs is 1. The predicted molar refractivity (Wildman–Crippen MR) is 112 cm³/mol. The fraction of sp³-hybridized carbons (Fsp3) is 0.429. The van der Waals surface area contributed by atoms with Crippen LogP contribution in [0.2, 0.25) is 0 Å². The largest absolute Gasteiger partial charge is 0.464 e. The van der Waals surface area contributed by atoms with Gasteiger partial charge in [-0.1, -0.05) is 49.4 Å². The van der Waals surface area contributed by atoms with E-state index in [0.717, 1.165) is 22.1 Å². The fourth-order valence-electron chi connectivity index (χ4n) is 3.06. The lowest BCUT2D eigenvalue weighted by Crippen LogP contribution is -2.50. The van der Waals surface area contributed by atoms with Gasteiger partial charge in [-0.25, -0.2) is 4.79 Å². The van der Waals surface area contributed by atoms with E-state index in [2.05, 4.69) is 5.32 Å². The van der Waals surface area contributed by atoms with Gasteiger partial charge in [-0.05, 0) is 41.7 Å². The Morgan fingerprint density at radius 1 is 1.19 bits per heavy atom. The second kappa shape index (κ2) is 10.3. The maximum Gasteiger partial charge on any atom is 0.328 e. The zero-order valence-electron chi connectivity index (χ0n) is 16.1. The van der Waals surface area contributed by atoms with Crippen molar-refractivity contribution in [3.8, 4) is 0 Å². The smallest absolute Gasteiger partial charge is 0.328 e. The summed E-state index contributed by atoms with van der Waals surface area (Å²) in [5.74, 6) is -0.197. The lowest BCUT2D eigenvalue weighted by molar-refractivity contribution is -0.147. The molecule has 0 fully saturated rings. The Balaban J connectivity index is 2.15. The summed E-state index contributed by atoms with van der Waals surface area (Å²) < 4.78 is 5.08. The first-order valence-electron chi connectivity index (χ1n) is 9.18. The number of ether oxygens (including phenoxy) is 1. The van der Waals surface area contributed by atoms with Crippen LogP contribution < -0.4 is 11.1 Å². The average molecular weight is 389 g/mol. The molecule has 27 heavy (non-hydrogen) atoms. The molecule has 0 aliphatic rings. The van der Waals surface area contributed by atoms with Crippen molar-refractivity contribution in [1.82, 2.24) is 5.32 Å². The maximum atomic E-state index is 12.7. The van der Waals surface area contributed by atoms with Crippen LogP contribution in [-0.4, -0.2) is 42.6 Å². The molecule has 3 atom stereocenters. The lowest BCUT2D eigenvalue weighted by atomic mass is 9.89. The van der Waals surface area contributed by atoms with E-state index >= 15 is 0 Å². The quantitative estimate of drug-likeness (QED) is 0.645. The van der Waals surface area contributed by atoms with Gasteiger partial charge in [0.2, 0.25) is 5.91 Å². The summed E-state index contributed by atoms with van der Waals surface area (Å²) in [6.07, 6.45) is 2.47. The highest BCUT2D eigenvalue weighted by Gasteiger charge is 2.28. The molecule has 1 amide bonds. The summed E-state index contributed by atoms with van der Waals surface area (Å²) in [5.41, 5.74) is 7.29. The van der Waals surface area contributed by atoms with Crippen LogP contribution in [-0.2, 0) is 14.3 Å². The Kier molecular flexibility index (Phi) is 8.13. The minimum absolute atomic E-state index is 0.195. The Hall–Kier alpha value is -2.05. The van der Waals surface area contributed by atoms with Gasteiger partial charge in [-0.15, -0.1) is 0 Å². The molecule has 0 unspecified atom stereocenters. The third kappa shape index (κ3) is 5.47. The van der Waals surface area contributed by atoms with Gasteiger partial charge in [0.1, 0.15) is 6.04 Å². The van der Waals surface area contributed by atoms with E-state index in [-0.39, 0.29) is 18.4 Å². The van der Waals surface area contributed by atoms with Gasteiger partial charge < -0.3 is 15.8 Å². The summed E-state index contributed by atoms with van der Waals surface area (Å²) in [4.78, 5) is 24.9. The first-order chi connectivity index (χ1) is 13.0. The van der Waals surface area contributed by atoms with Crippen LogP contribution in [0.15, 0.2) is 42.5 Å². The van der Waals surface area contributed by atoms with Crippen molar-refractivity contribution in [2.75, 3.05) is 18.6 Å². The number of amides is 1. The topological polar surface area (TPSA) is 81.4 Å². The number of nitrogens with two attached hydrogens (primary N) is 1. The first kappa shape index (κ1) is 21.3. The monoisotopic (exact) mass is 388 g/mol. The number of thioether (sulfide) groups is 1. The van der Waals surface area contributed by atoms with E-state index in [0.29, 0.717) is 6.42 Å². The van der Waals surface area contributed by atoms with Crippen molar-refractivity contribution in [1.29, 1.82) is 0 Å². The van der Waals surface area contributed by atoms with Crippen LogP contribution in [0.25, 0.3) is 10.8 Å². The number of rotatable bonds is 9. The highest BCUT2D eigenvalue weighted by Crippen LogP contribution is 2.27. The Morgan fingerprint density at radius 3 is 2.59 bits per heavy atom. The van der Waals surface area contributed by atoms with Crippen LogP contribution in [0.4, 0.5) is 0 Å². The van der Waals surface area contributed by atoms with Crippen molar-refractivity contribution in [2.45, 2.75) is 38.3 Å². The molecule has 0 radical (unpaired) electrons. The molecule has 0 aliphatic heterocycles. The SMILES string of the molecule is CCOC(=O)[C@@H](CCSC)NC(=O)[C@@H](N)[C@@H](C)c1cccc2ccccc12. The number of esters is 1. The molecule has 2 aromatic carbocycles. The minimum Gasteiger partial charge on any atom is -0.464 e. The highest BCUT2D eigenvalue weighted by molar-refractivity contribution is 7.98. The van der Waals surface area contributed by atoms with E-state index in [1.165, 1.54) is 0 Å². The normalized spacial score (nSPS) is 14.4. The van der Waals surface area contributed by atoms with Crippen molar-refractivity contribution in [3.63, 3.8) is 0 Å². The van der Waals surface area contributed by atoms with Gasteiger partial charge in [0.25, 0.3) is 0 Å². The zero-order chi connectivity index (χ0) is 19.8. The molecule has 0 spiro atoms. The van der Waals surface area contributed by atoms with Gasteiger partial charge in [0, 0.05) is 5.92 Å². The van der Waals surface area contributed by atoms with Crippen molar-refractivity contribution in [3.05, 3.63) is 48.0 Å².